The van der Waals surface area contributed by atoms with Crippen molar-refractivity contribution in [3.05, 3.63) is 59.7 Å². The van der Waals surface area contributed by atoms with Crippen LogP contribution in [0.1, 0.15) is 42.9 Å². The van der Waals surface area contributed by atoms with Crippen molar-refractivity contribution in [2.24, 2.45) is 0 Å². The van der Waals surface area contributed by atoms with Gasteiger partial charge in [0.2, 0.25) is 0 Å². The predicted molar refractivity (Wildman–Crippen MR) is 99.0 cm³/mol. The third-order valence-corrected chi connectivity index (χ3v) is 5.98. The van der Waals surface area contributed by atoms with E-state index in [-0.39, 0.29) is 17.9 Å². The van der Waals surface area contributed by atoms with Crippen LogP contribution in [-0.2, 0) is 11.3 Å². The second-order valence-electron chi connectivity index (χ2n) is 8.09. The van der Waals surface area contributed by atoms with E-state index in [1.807, 2.05) is 0 Å². The molecule has 0 amide bonds. The lowest BCUT2D eigenvalue weighted by atomic mass is 9.78. The van der Waals surface area contributed by atoms with E-state index in [0.717, 1.165) is 37.4 Å². The monoisotopic (exact) mass is 426 g/mol. The number of fused-ring (bicyclic) bond motifs is 2. The SMILES string of the molecule is OC(c1cncc(F)c1)C12CCC(COCc3ccc(OC(F)(F)F)cc3)(CC1)N2. The average molecular weight is 426 g/mol. The highest BCUT2D eigenvalue weighted by Crippen LogP contribution is 2.50. The van der Waals surface area contributed by atoms with Crippen molar-refractivity contribution in [1.82, 2.24) is 10.3 Å². The van der Waals surface area contributed by atoms with Crippen LogP contribution in [0.4, 0.5) is 17.6 Å². The number of alkyl halides is 3. The van der Waals surface area contributed by atoms with E-state index in [9.17, 15) is 22.7 Å². The Morgan fingerprint density at radius 1 is 1.10 bits per heavy atom. The molecule has 9 heteroatoms. The number of hydrogen-bond acceptors (Lipinski definition) is 5. The molecule has 1 aromatic carbocycles. The van der Waals surface area contributed by atoms with Gasteiger partial charge in [0.1, 0.15) is 11.6 Å². The van der Waals surface area contributed by atoms with Crippen LogP contribution in [0.25, 0.3) is 0 Å². The predicted octanol–water partition coefficient (Wildman–Crippen LogP) is 4.02. The molecule has 3 heterocycles. The second kappa shape index (κ2) is 7.79. The molecule has 1 unspecified atom stereocenters. The number of aliphatic hydroxyl groups excluding tert-OH is 1. The van der Waals surface area contributed by atoms with Gasteiger partial charge in [-0.2, -0.15) is 0 Å². The van der Waals surface area contributed by atoms with Gasteiger partial charge in [-0.1, -0.05) is 12.1 Å². The summed E-state index contributed by atoms with van der Waals surface area (Å²) in [5.74, 6) is -0.760. The number of benzene rings is 1. The molecule has 0 saturated carbocycles. The number of halogens is 4. The molecule has 1 aromatic heterocycles. The van der Waals surface area contributed by atoms with Gasteiger partial charge in [0.25, 0.3) is 0 Å². The van der Waals surface area contributed by atoms with Gasteiger partial charge >= 0.3 is 6.36 Å². The van der Waals surface area contributed by atoms with Crippen molar-refractivity contribution in [2.45, 2.75) is 55.8 Å². The smallest absolute Gasteiger partial charge is 0.406 e. The Labute approximate surface area is 171 Å². The summed E-state index contributed by atoms with van der Waals surface area (Å²) in [6.45, 7) is 0.656. The molecule has 2 aliphatic rings. The van der Waals surface area contributed by atoms with E-state index in [1.165, 1.54) is 36.5 Å². The normalized spacial score (nSPS) is 26.7. The molecule has 0 radical (unpaired) electrons. The lowest BCUT2D eigenvalue weighted by molar-refractivity contribution is -0.274. The molecule has 0 aliphatic carbocycles. The van der Waals surface area contributed by atoms with Gasteiger partial charge in [-0.15, -0.1) is 13.2 Å². The summed E-state index contributed by atoms with van der Waals surface area (Å²) in [5, 5.41) is 14.4. The highest BCUT2D eigenvalue weighted by molar-refractivity contribution is 5.27. The number of aromatic nitrogens is 1. The number of nitrogens with zero attached hydrogens (tertiary/aromatic N) is 1. The van der Waals surface area contributed by atoms with E-state index < -0.39 is 23.8 Å². The lowest BCUT2D eigenvalue weighted by Gasteiger charge is -2.32. The Morgan fingerprint density at radius 2 is 1.80 bits per heavy atom. The molecule has 30 heavy (non-hydrogen) atoms. The van der Waals surface area contributed by atoms with Gasteiger partial charge in [-0.05, 0) is 49.4 Å². The fourth-order valence-electron chi connectivity index (χ4n) is 4.52. The summed E-state index contributed by atoms with van der Waals surface area (Å²) in [5.41, 5.74) is 0.368. The minimum atomic E-state index is -4.72. The van der Waals surface area contributed by atoms with Gasteiger partial charge in [0.05, 0.1) is 25.5 Å². The minimum Gasteiger partial charge on any atom is -0.406 e. The second-order valence-corrected chi connectivity index (χ2v) is 8.09. The highest BCUT2D eigenvalue weighted by atomic mass is 19.4. The first-order valence-corrected chi connectivity index (χ1v) is 9.69. The Hall–Kier alpha value is -2.23. The summed E-state index contributed by atoms with van der Waals surface area (Å²) >= 11 is 0. The van der Waals surface area contributed by atoms with E-state index in [2.05, 4.69) is 15.0 Å². The summed E-state index contributed by atoms with van der Waals surface area (Å²) in [6, 6.07) is 6.86. The third-order valence-electron chi connectivity index (χ3n) is 5.98. The topological polar surface area (TPSA) is 63.6 Å². The maximum Gasteiger partial charge on any atom is 0.573 e. The van der Waals surface area contributed by atoms with Crippen molar-refractivity contribution in [1.29, 1.82) is 0 Å². The Morgan fingerprint density at radius 3 is 2.43 bits per heavy atom. The van der Waals surface area contributed by atoms with Crippen molar-refractivity contribution < 1.29 is 32.1 Å². The number of pyridine rings is 1. The van der Waals surface area contributed by atoms with Crippen molar-refractivity contribution in [3.63, 3.8) is 0 Å². The van der Waals surface area contributed by atoms with Crippen molar-refractivity contribution in [3.8, 4) is 5.75 Å². The molecule has 2 aliphatic heterocycles. The first-order valence-electron chi connectivity index (χ1n) is 9.69. The van der Waals surface area contributed by atoms with Gasteiger partial charge in [-0.3, -0.25) is 4.98 Å². The maximum atomic E-state index is 13.5. The molecule has 2 N–H and O–H groups in total. The van der Waals surface area contributed by atoms with E-state index in [4.69, 9.17) is 4.74 Å². The summed E-state index contributed by atoms with van der Waals surface area (Å²) < 4.78 is 59.9. The summed E-state index contributed by atoms with van der Waals surface area (Å²) in [4.78, 5) is 3.82. The standard InChI is InChI=1S/C21H22F4N2O3/c22-16-9-15(10-26-11-16)18(28)20-7-5-19(27-20,6-8-20)13-29-12-14-1-3-17(4-2-14)30-21(23,24)25/h1-4,9-11,18,27-28H,5-8,12-13H2. The molecule has 162 valence electrons. The van der Waals surface area contributed by atoms with E-state index in [0.29, 0.717) is 12.2 Å². The number of aliphatic hydroxyl groups is 1. The lowest BCUT2D eigenvalue weighted by Crippen LogP contribution is -2.48. The summed E-state index contributed by atoms with van der Waals surface area (Å²) in [6.07, 6.45) is 0.0827. The maximum absolute atomic E-state index is 13.5. The van der Waals surface area contributed by atoms with Crippen LogP contribution in [0.3, 0.4) is 0 Å². The largest absolute Gasteiger partial charge is 0.573 e. The van der Waals surface area contributed by atoms with Crippen LogP contribution < -0.4 is 10.1 Å². The molecular weight excluding hydrogens is 404 g/mol. The fourth-order valence-corrected chi connectivity index (χ4v) is 4.52. The van der Waals surface area contributed by atoms with Crippen LogP contribution in [-0.4, -0.2) is 34.1 Å². The first kappa shape index (κ1) is 21.0. The molecule has 2 fully saturated rings. The molecule has 0 spiro atoms. The molecule has 2 aromatic rings. The number of hydrogen-bond donors (Lipinski definition) is 2. The molecule has 2 bridgehead atoms. The minimum absolute atomic E-state index is 0.249. The molecule has 5 nitrogen and oxygen atoms in total. The molecule has 1 atom stereocenters. The zero-order valence-corrected chi connectivity index (χ0v) is 16.1. The van der Waals surface area contributed by atoms with Crippen LogP contribution in [0, 0.1) is 5.82 Å². The first-order chi connectivity index (χ1) is 14.2. The number of nitrogens with one attached hydrogen (secondary N) is 1. The van der Waals surface area contributed by atoms with Crippen LogP contribution in [0.2, 0.25) is 0 Å². The number of ether oxygens (including phenoxy) is 2. The molecular formula is C21H22F4N2O3. The highest BCUT2D eigenvalue weighted by Gasteiger charge is 2.57. The van der Waals surface area contributed by atoms with Crippen LogP contribution >= 0.6 is 0 Å². The van der Waals surface area contributed by atoms with Crippen molar-refractivity contribution >= 4 is 0 Å². The van der Waals surface area contributed by atoms with E-state index >= 15 is 0 Å². The van der Waals surface area contributed by atoms with Crippen LogP contribution in [0.5, 0.6) is 5.75 Å². The van der Waals surface area contributed by atoms with E-state index in [1.54, 1.807) is 0 Å². The zero-order chi connectivity index (χ0) is 21.4. The zero-order valence-electron chi connectivity index (χ0n) is 16.1. The van der Waals surface area contributed by atoms with Gasteiger partial charge in [0.15, 0.2) is 0 Å². The molecule has 4 rings (SSSR count). The Kier molecular flexibility index (Phi) is 5.46. The van der Waals surface area contributed by atoms with Gasteiger partial charge in [-0.25, -0.2) is 4.39 Å². The van der Waals surface area contributed by atoms with Crippen LogP contribution in [0.15, 0.2) is 42.7 Å². The summed E-state index contributed by atoms with van der Waals surface area (Å²) in [7, 11) is 0. The quantitative estimate of drug-likeness (QED) is 0.655. The number of rotatable bonds is 7. The average Bonchev–Trinajstić information content (AvgIpc) is 3.25. The van der Waals surface area contributed by atoms with Gasteiger partial charge in [0, 0.05) is 22.8 Å². The third kappa shape index (κ3) is 4.43. The molecule has 2 saturated heterocycles. The fraction of sp³-hybridized carbons (Fsp3) is 0.476. The van der Waals surface area contributed by atoms with Gasteiger partial charge < -0.3 is 19.9 Å². The Bertz CT molecular complexity index is 881. The van der Waals surface area contributed by atoms with Crippen molar-refractivity contribution in [2.75, 3.05) is 6.61 Å². The Balaban J connectivity index is 1.32.